The maximum absolute atomic E-state index is 13.3. The molecule has 0 aliphatic heterocycles. The van der Waals surface area contributed by atoms with Crippen molar-refractivity contribution >= 4 is 5.96 Å². The van der Waals surface area contributed by atoms with Crippen molar-refractivity contribution < 1.29 is 19.0 Å². The van der Waals surface area contributed by atoms with Crippen LogP contribution in [0.3, 0.4) is 0 Å². The highest BCUT2D eigenvalue weighted by molar-refractivity contribution is 5.79. The van der Waals surface area contributed by atoms with Crippen LogP contribution < -0.4 is 10.6 Å². The van der Waals surface area contributed by atoms with E-state index < -0.39 is 5.82 Å². The van der Waals surface area contributed by atoms with Gasteiger partial charge in [0.05, 0.1) is 19.8 Å². The van der Waals surface area contributed by atoms with Gasteiger partial charge >= 0.3 is 0 Å². The number of phenolic OH excluding ortho intramolecular Hbond substituents is 1. The molecular formula is C17H28FN3O3. The molecule has 136 valence electrons. The number of nitrogens with zero attached hydrogens (tertiary/aromatic N) is 1. The lowest BCUT2D eigenvalue weighted by Crippen LogP contribution is -2.38. The molecule has 0 unspecified atom stereocenters. The van der Waals surface area contributed by atoms with Crippen molar-refractivity contribution in [3.05, 3.63) is 29.6 Å². The number of hydrogen-bond acceptors (Lipinski definition) is 4. The van der Waals surface area contributed by atoms with Gasteiger partial charge in [-0.3, -0.25) is 4.99 Å². The Labute approximate surface area is 143 Å². The minimum Gasteiger partial charge on any atom is -0.505 e. The first-order valence-electron chi connectivity index (χ1n) is 8.24. The number of rotatable bonds is 11. The molecule has 7 heteroatoms. The number of halogens is 1. The topological polar surface area (TPSA) is 75.1 Å². The molecule has 0 aliphatic rings. The van der Waals surface area contributed by atoms with E-state index in [0.29, 0.717) is 44.4 Å². The first kappa shape index (κ1) is 20.2. The Balaban J connectivity index is 2.11. The molecule has 1 aromatic rings. The molecule has 0 atom stereocenters. The van der Waals surface area contributed by atoms with Crippen LogP contribution in [0.5, 0.6) is 5.75 Å². The fourth-order valence-electron chi connectivity index (χ4n) is 1.88. The van der Waals surface area contributed by atoms with E-state index in [1.165, 1.54) is 12.1 Å². The number of benzene rings is 1. The van der Waals surface area contributed by atoms with Gasteiger partial charge in [-0.2, -0.15) is 0 Å². The Morgan fingerprint density at radius 1 is 1.17 bits per heavy atom. The van der Waals surface area contributed by atoms with Gasteiger partial charge in [-0.25, -0.2) is 4.39 Å². The fourth-order valence-corrected chi connectivity index (χ4v) is 1.88. The summed E-state index contributed by atoms with van der Waals surface area (Å²) in [5.41, 5.74) is 0.716. The first-order valence-corrected chi connectivity index (χ1v) is 8.24. The van der Waals surface area contributed by atoms with Gasteiger partial charge in [0.1, 0.15) is 0 Å². The molecule has 0 aliphatic carbocycles. The summed E-state index contributed by atoms with van der Waals surface area (Å²) < 4.78 is 24.1. The fraction of sp³-hybridized carbons (Fsp3) is 0.588. The molecule has 0 fully saturated rings. The van der Waals surface area contributed by atoms with Crippen LogP contribution in [0.25, 0.3) is 0 Å². The van der Waals surface area contributed by atoms with Crippen LogP contribution in [0.1, 0.15) is 25.3 Å². The molecule has 3 N–H and O–H groups in total. The Hall–Kier alpha value is -1.86. The highest BCUT2D eigenvalue weighted by Gasteiger charge is 2.03. The van der Waals surface area contributed by atoms with Crippen molar-refractivity contribution in [2.45, 2.75) is 26.3 Å². The molecule has 0 bridgehead atoms. The zero-order valence-electron chi connectivity index (χ0n) is 14.5. The number of hydrogen-bond donors (Lipinski definition) is 3. The van der Waals surface area contributed by atoms with E-state index in [-0.39, 0.29) is 5.75 Å². The summed E-state index contributed by atoms with van der Waals surface area (Å²) in [5.74, 6) is -0.379. The van der Waals surface area contributed by atoms with Crippen molar-refractivity contribution in [1.29, 1.82) is 0 Å². The Morgan fingerprint density at radius 3 is 2.58 bits per heavy atom. The number of nitrogens with one attached hydrogen (secondary N) is 2. The van der Waals surface area contributed by atoms with Crippen LogP contribution in [0.4, 0.5) is 4.39 Å². The quantitative estimate of drug-likeness (QED) is 0.326. The summed E-state index contributed by atoms with van der Waals surface area (Å²) in [4.78, 5) is 4.08. The Morgan fingerprint density at radius 2 is 1.92 bits per heavy atom. The van der Waals surface area contributed by atoms with Gasteiger partial charge in [-0.05, 0) is 24.1 Å². The zero-order chi connectivity index (χ0) is 17.6. The molecule has 0 radical (unpaired) electrons. The van der Waals surface area contributed by atoms with Crippen molar-refractivity contribution in [1.82, 2.24) is 10.6 Å². The van der Waals surface area contributed by atoms with E-state index in [0.717, 1.165) is 19.4 Å². The van der Waals surface area contributed by atoms with E-state index in [1.54, 1.807) is 13.1 Å². The minimum atomic E-state index is -0.633. The van der Waals surface area contributed by atoms with Crippen LogP contribution in [-0.4, -0.2) is 51.1 Å². The van der Waals surface area contributed by atoms with Crippen LogP contribution in [-0.2, 0) is 16.0 Å². The van der Waals surface area contributed by atoms with Gasteiger partial charge in [0.2, 0.25) is 0 Å². The molecule has 0 aromatic heterocycles. The van der Waals surface area contributed by atoms with Gasteiger partial charge < -0.3 is 25.2 Å². The second kappa shape index (κ2) is 12.5. The van der Waals surface area contributed by atoms with Crippen molar-refractivity contribution in [2.24, 2.45) is 4.99 Å². The largest absolute Gasteiger partial charge is 0.505 e. The van der Waals surface area contributed by atoms with Crippen LogP contribution in [0.15, 0.2) is 23.2 Å². The van der Waals surface area contributed by atoms with E-state index in [9.17, 15) is 4.39 Å². The highest BCUT2D eigenvalue weighted by Crippen LogP contribution is 2.15. The van der Waals surface area contributed by atoms with Crippen LogP contribution in [0, 0.1) is 5.82 Å². The second-order valence-electron chi connectivity index (χ2n) is 5.22. The van der Waals surface area contributed by atoms with Gasteiger partial charge in [-0.1, -0.05) is 19.4 Å². The third-order valence-corrected chi connectivity index (χ3v) is 3.25. The SMILES string of the molecule is CCCCOCCOCCNC(=NC)NCc1ccc(O)c(F)c1. The molecule has 0 spiro atoms. The predicted molar refractivity (Wildman–Crippen MR) is 92.8 cm³/mol. The molecule has 6 nitrogen and oxygen atoms in total. The number of phenols is 1. The standard InChI is InChI=1S/C17H28FN3O3/c1-3-4-8-23-10-11-24-9-7-20-17(19-2)21-13-14-5-6-16(22)15(18)12-14/h5-6,12,22H,3-4,7-11,13H2,1-2H3,(H2,19,20,21). The maximum Gasteiger partial charge on any atom is 0.191 e. The highest BCUT2D eigenvalue weighted by atomic mass is 19.1. The number of unbranched alkanes of at least 4 members (excludes halogenated alkanes) is 1. The normalized spacial score (nSPS) is 11.5. The van der Waals surface area contributed by atoms with Gasteiger partial charge in [0, 0.05) is 26.7 Å². The van der Waals surface area contributed by atoms with Crippen molar-refractivity contribution in [3.8, 4) is 5.75 Å². The summed E-state index contributed by atoms with van der Waals surface area (Å²) in [6, 6.07) is 4.27. The molecule has 0 heterocycles. The van der Waals surface area contributed by atoms with Gasteiger partial charge in [0.15, 0.2) is 17.5 Å². The molecule has 0 amide bonds. The number of ether oxygens (including phenoxy) is 2. The lowest BCUT2D eigenvalue weighted by atomic mass is 10.2. The third-order valence-electron chi connectivity index (χ3n) is 3.25. The van der Waals surface area contributed by atoms with Crippen molar-refractivity contribution in [3.63, 3.8) is 0 Å². The second-order valence-corrected chi connectivity index (χ2v) is 5.22. The Kier molecular flexibility index (Phi) is 10.6. The van der Waals surface area contributed by atoms with Gasteiger partial charge in [0.25, 0.3) is 0 Å². The van der Waals surface area contributed by atoms with Gasteiger partial charge in [-0.15, -0.1) is 0 Å². The number of aromatic hydroxyl groups is 1. The number of guanidine groups is 1. The Bertz CT molecular complexity index is 498. The maximum atomic E-state index is 13.3. The lowest BCUT2D eigenvalue weighted by Gasteiger charge is -2.12. The third kappa shape index (κ3) is 8.69. The summed E-state index contributed by atoms with van der Waals surface area (Å²) in [6.45, 7) is 5.66. The van der Waals surface area contributed by atoms with E-state index >= 15 is 0 Å². The molecule has 1 aromatic carbocycles. The number of aliphatic imine (C=N–C) groups is 1. The zero-order valence-corrected chi connectivity index (χ0v) is 14.5. The minimum absolute atomic E-state index is 0.350. The van der Waals surface area contributed by atoms with Crippen LogP contribution >= 0.6 is 0 Å². The average molecular weight is 341 g/mol. The molecule has 1 rings (SSSR count). The molecule has 24 heavy (non-hydrogen) atoms. The summed E-state index contributed by atoms with van der Waals surface area (Å²) >= 11 is 0. The summed E-state index contributed by atoms with van der Waals surface area (Å²) in [5, 5.41) is 15.3. The summed E-state index contributed by atoms with van der Waals surface area (Å²) in [7, 11) is 1.66. The smallest absolute Gasteiger partial charge is 0.191 e. The molecular weight excluding hydrogens is 313 g/mol. The average Bonchev–Trinajstić information content (AvgIpc) is 2.59. The first-order chi connectivity index (χ1) is 11.7. The molecule has 0 saturated carbocycles. The summed E-state index contributed by atoms with van der Waals surface area (Å²) in [6.07, 6.45) is 2.21. The molecule has 0 saturated heterocycles. The van der Waals surface area contributed by atoms with E-state index in [2.05, 4.69) is 22.5 Å². The lowest BCUT2D eigenvalue weighted by molar-refractivity contribution is 0.0487. The van der Waals surface area contributed by atoms with Crippen LogP contribution in [0.2, 0.25) is 0 Å². The predicted octanol–water partition coefficient (Wildman–Crippen LogP) is 2.03. The van der Waals surface area contributed by atoms with E-state index in [1.807, 2.05) is 0 Å². The van der Waals surface area contributed by atoms with E-state index in [4.69, 9.17) is 14.6 Å². The monoisotopic (exact) mass is 341 g/mol. The van der Waals surface area contributed by atoms with Crippen molar-refractivity contribution in [2.75, 3.05) is 40.0 Å².